The highest BCUT2D eigenvalue weighted by Gasteiger charge is 2.30. The minimum absolute atomic E-state index is 0.154. The molecule has 0 spiro atoms. The van der Waals surface area contributed by atoms with Crippen LogP contribution in [0.15, 0.2) is 66.7 Å². The van der Waals surface area contributed by atoms with Crippen molar-refractivity contribution in [2.75, 3.05) is 11.9 Å². The van der Waals surface area contributed by atoms with Crippen LogP contribution in [0.3, 0.4) is 0 Å². The molecule has 3 rings (SSSR count). The Bertz CT molecular complexity index is 1110. The first-order valence-corrected chi connectivity index (χ1v) is 9.46. The van der Waals surface area contributed by atoms with Gasteiger partial charge in [0.15, 0.2) is 6.61 Å². The molecule has 3 aromatic carbocycles. The van der Waals surface area contributed by atoms with Gasteiger partial charge in [0.1, 0.15) is 0 Å². The highest BCUT2D eigenvalue weighted by molar-refractivity contribution is 5.99. The van der Waals surface area contributed by atoms with Gasteiger partial charge in [0, 0.05) is 5.69 Å². The quantitative estimate of drug-likeness (QED) is 0.525. The molecule has 0 heterocycles. The van der Waals surface area contributed by atoms with Crippen molar-refractivity contribution in [1.29, 1.82) is 0 Å². The molecule has 3 aromatic rings. The van der Waals surface area contributed by atoms with Crippen LogP contribution in [-0.4, -0.2) is 18.5 Å². The lowest BCUT2D eigenvalue weighted by molar-refractivity contribution is -0.137. The number of aryl methyl sites for hydroxylation is 2. The summed E-state index contributed by atoms with van der Waals surface area (Å²) in [5.41, 5.74) is 2.78. The number of hydrogen-bond donors (Lipinski definition) is 1. The lowest BCUT2D eigenvalue weighted by Crippen LogP contribution is -2.21. The Morgan fingerprint density at radius 1 is 0.935 bits per heavy atom. The lowest BCUT2D eigenvalue weighted by Gasteiger charge is -2.12. The van der Waals surface area contributed by atoms with E-state index in [9.17, 15) is 22.8 Å². The van der Waals surface area contributed by atoms with Crippen molar-refractivity contribution >= 4 is 17.6 Å². The third-order valence-corrected chi connectivity index (χ3v) is 4.66. The molecule has 0 aliphatic rings. The summed E-state index contributed by atoms with van der Waals surface area (Å²) in [6.45, 7) is 3.30. The summed E-state index contributed by atoms with van der Waals surface area (Å²) in [6, 6.07) is 16.4. The number of hydrogen-bond acceptors (Lipinski definition) is 3. The highest BCUT2D eigenvalue weighted by Crippen LogP contribution is 2.32. The van der Waals surface area contributed by atoms with Crippen LogP contribution in [0.25, 0.3) is 11.1 Å². The van der Waals surface area contributed by atoms with Gasteiger partial charge in [-0.3, -0.25) is 4.79 Å². The first-order chi connectivity index (χ1) is 14.6. The molecule has 1 amide bonds. The maximum Gasteiger partial charge on any atom is 0.416 e. The van der Waals surface area contributed by atoms with Gasteiger partial charge < -0.3 is 10.1 Å². The van der Waals surface area contributed by atoms with Gasteiger partial charge in [-0.1, -0.05) is 48.0 Å². The van der Waals surface area contributed by atoms with E-state index < -0.39 is 30.2 Å². The number of nitrogens with one attached hydrogen (secondary N) is 1. The Morgan fingerprint density at radius 2 is 1.61 bits per heavy atom. The summed E-state index contributed by atoms with van der Waals surface area (Å²) < 4.78 is 43.5. The number of carbonyl (C=O) groups is 2. The van der Waals surface area contributed by atoms with E-state index in [0.717, 1.165) is 23.3 Å². The molecule has 31 heavy (non-hydrogen) atoms. The molecule has 0 atom stereocenters. The average Bonchev–Trinajstić information content (AvgIpc) is 2.73. The Labute approximate surface area is 177 Å². The zero-order chi connectivity index (χ0) is 22.6. The van der Waals surface area contributed by atoms with E-state index in [-0.39, 0.29) is 5.56 Å². The average molecular weight is 427 g/mol. The second kappa shape index (κ2) is 9.04. The second-order valence-corrected chi connectivity index (χ2v) is 7.06. The molecule has 0 fully saturated rings. The van der Waals surface area contributed by atoms with Gasteiger partial charge in [-0.25, -0.2) is 4.79 Å². The number of rotatable bonds is 5. The van der Waals surface area contributed by atoms with Crippen LogP contribution in [0.2, 0.25) is 0 Å². The number of alkyl halides is 3. The van der Waals surface area contributed by atoms with E-state index in [1.807, 2.05) is 26.0 Å². The molecule has 0 aromatic heterocycles. The molecular weight excluding hydrogens is 407 g/mol. The number of benzene rings is 3. The summed E-state index contributed by atoms with van der Waals surface area (Å²) in [5, 5.41) is 2.69. The third-order valence-electron chi connectivity index (χ3n) is 4.66. The number of ether oxygens (including phenoxy) is 1. The van der Waals surface area contributed by atoms with E-state index in [2.05, 4.69) is 5.32 Å². The summed E-state index contributed by atoms with van der Waals surface area (Å²) in [7, 11) is 0. The maximum absolute atomic E-state index is 12.8. The van der Waals surface area contributed by atoms with Crippen molar-refractivity contribution in [3.8, 4) is 11.1 Å². The summed E-state index contributed by atoms with van der Waals surface area (Å²) in [6.07, 6.45) is -4.44. The van der Waals surface area contributed by atoms with Crippen molar-refractivity contribution in [2.24, 2.45) is 0 Å². The third kappa shape index (κ3) is 5.51. The molecule has 0 saturated carbocycles. The first kappa shape index (κ1) is 22.1. The normalized spacial score (nSPS) is 11.1. The van der Waals surface area contributed by atoms with Crippen LogP contribution in [0.4, 0.5) is 18.9 Å². The molecule has 160 valence electrons. The zero-order valence-corrected chi connectivity index (χ0v) is 16.9. The minimum Gasteiger partial charge on any atom is -0.452 e. The van der Waals surface area contributed by atoms with Crippen LogP contribution >= 0.6 is 0 Å². The van der Waals surface area contributed by atoms with E-state index in [4.69, 9.17) is 4.74 Å². The fourth-order valence-electron chi connectivity index (χ4n) is 3.10. The van der Waals surface area contributed by atoms with Crippen LogP contribution in [-0.2, 0) is 15.7 Å². The predicted molar refractivity (Wildman–Crippen MR) is 112 cm³/mol. The van der Waals surface area contributed by atoms with Crippen molar-refractivity contribution < 1.29 is 27.5 Å². The van der Waals surface area contributed by atoms with Crippen LogP contribution in [0, 0.1) is 13.8 Å². The standard InChI is InChI=1S/C24H20F3NO3/c1-15-7-12-21(16(2)13-15)28-22(29)14-31-23(30)20-6-4-3-5-19(20)17-8-10-18(11-9-17)24(25,26)27/h3-13H,14H2,1-2H3,(H,28,29). The van der Waals surface area contributed by atoms with Crippen LogP contribution < -0.4 is 5.32 Å². The van der Waals surface area contributed by atoms with Crippen molar-refractivity contribution in [2.45, 2.75) is 20.0 Å². The number of amides is 1. The van der Waals surface area contributed by atoms with E-state index in [0.29, 0.717) is 16.8 Å². The SMILES string of the molecule is Cc1ccc(NC(=O)COC(=O)c2ccccc2-c2ccc(C(F)(F)F)cc2)c(C)c1. The Morgan fingerprint density at radius 3 is 2.26 bits per heavy atom. The zero-order valence-electron chi connectivity index (χ0n) is 16.9. The van der Waals surface area contributed by atoms with Crippen molar-refractivity contribution in [3.05, 3.63) is 89.0 Å². The summed E-state index contributed by atoms with van der Waals surface area (Å²) in [4.78, 5) is 24.7. The van der Waals surface area contributed by atoms with Gasteiger partial charge in [-0.15, -0.1) is 0 Å². The second-order valence-electron chi connectivity index (χ2n) is 7.06. The van der Waals surface area contributed by atoms with Gasteiger partial charge in [-0.2, -0.15) is 13.2 Å². The molecular formula is C24H20F3NO3. The van der Waals surface area contributed by atoms with Gasteiger partial charge in [0.25, 0.3) is 5.91 Å². The predicted octanol–water partition coefficient (Wildman–Crippen LogP) is 5.78. The van der Waals surface area contributed by atoms with Crippen molar-refractivity contribution in [3.63, 3.8) is 0 Å². The van der Waals surface area contributed by atoms with Gasteiger partial charge >= 0.3 is 12.1 Å². The number of carbonyl (C=O) groups excluding carboxylic acids is 2. The number of anilines is 1. The molecule has 0 bridgehead atoms. The van der Waals surface area contributed by atoms with Gasteiger partial charge in [0.2, 0.25) is 0 Å². The summed E-state index contributed by atoms with van der Waals surface area (Å²) >= 11 is 0. The minimum atomic E-state index is -4.44. The van der Waals surface area contributed by atoms with Crippen molar-refractivity contribution in [1.82, 2.24) is 0 Å². The van der Waals surface area contributed by atoms with E-state index >= 15 is 0 Å². The fourth-order valence-corrected chi connectivity index (χ4v) is 3.10. The molecule has 0 aliphatic heterocycles. The molecule has 4 nitrogen and oxygen atoms in total. The molecule has 0 radical (unpaired) electrons. The van der Waals surface area contributed by atoms with E-state index in [1.54, 1.807) is 24.3 Å². The highest BCUT2D eigenvalue weighted by atomic mass is 19.4. The number of esters is 1. The first-order valence-electron chi connectivity index (χ1n) is 9.46. The largest absolute Gasteiger partial charge is 0.452 e. The maximum atomic E-state index is 12.8. The Kier molecular flexibility index (Phi) is 6.44. The van der Waals surface area contributed by atoms with Crippen LogP contribution in [0.5, 0.6) is 0 Å². The fraction of sp³-hybridized carbons (Fsp3) is 0.167. The van der Waals surface area contributed by atoms with Gasteiger partial charge in [0.05, 0.1) is 11.1 Å². The lowest BCUT2D eigenvalue weighted by atomic mass is 9.98. The topological polar surface area (TPSA) is 55.4 Å². The van der Waals surface area contributed by atoms with Crippen LogP contribution in [0.1, 0.15) is 27.0 Å². The molecule has 1 N–H and O–H groups in total. The summed E-state index contributed by atoms with van der Waals surface area (Å²) in [5.74, 6) is -1.24. The molecule has 7 heteroatoms. The molecule has 0 unspecified atom stereocenters. The Hall–Kier alpha value is -3.61. The van der Waals surface area contributed by atoms with Gasteiger partial charge in [-0.05, 0) is 54.8 Å². The smallest absolute Gasteiger partial charge is 0.416 e. The Balaban J connectivity index is 1.70. The molecule has 0 saturated heterocycles. The monoisotopic (exact) mass is 427 g/mol. The number of halogens is 3. The molecule has 0 aliphatic carbocycles. The van der Waals surface area contributed by atoms with E-state index in [1.165, 1.54) is 18.2 Å².